The molecule has 1 heterocycles. The van der Waals surface area contributed by atoms with Crippen LogP contribution in [0.25, 0.3) is 0 Å². The van der Waals surface area contributed by atoms with Crippen LogP contribution in [0.4, 0.5) is 0 Å². The molecule has 0 unspecified atom stereocenters. The highest BCUT2D eigenvalue weighted by Gasteiger charge is 2.35. The molecule has 114 valence electrons. The summed E-state index contributed by atoms with van der Waals surface area (Å²) >= 11 is 1.90. The van der Waals surface area contributed by atoms with Gasteiger partial charge in [-0.15, -0.1) is 11.3 Å². The SMILES string of the molecule is CCNCC(CC)(CC)CN(Cc1cccs1)C1CC1. The second kappa shape index (κ2) is 7.58. The van der Waals surface area contributed by atoms with Gasteiger partial charge in [0.1, 0.15) is 0 Å². The first-order valence-corrected chi connectivity index (χ1v) is 9.08. The van der Waals surface area contributed by atoms with E-state index in [9.17, 15) is 0 Å². The second-order valence-corrected chi connectivity index (χ2v) is 7.24. The van der Waals surface area contributed by atoms with Gasteiger partial charge in [0.15, 0.2) is 0 Å². The van der Waals surface area contributed by atoms with Gasteiger partial charge in [0.05, 0.1) is 0 Å². The summed E-state index contributed by atoms with van der Waals surface area (Å²) in [6.07, 6.45) is 5.33. The van der Waals surface area contributed by atoms with Crippen molar-refractivity contribution in [1.82, 2.24) is 10.2 Å². The third kappa shape index (κ3) is 4.31. The molecule has 0 aliphatic heterocycles. The van der Waals surface area contributed by atoms with Crippen molar-refractivity contribution in [2.24, 2.45) is 5.41 Å². The van der Waals surface area contributed by atoms with Crippen LogP contribution in [0.5, 0.6) is 0 Å². The first-order valence-electron chi connectivity index (χ1n) is 8.20. The van der Waals surface area contributed by atoms with E-state index >= 15 is 0 Å². The summed E-state index contributed by atoms with van der Waals surface area (Å²) in [7, 11) is 0. The molecule has 20 heavy (non-hydrogen) atoms. The van der Waals surface area contributed by atoms with Crippen LogP contribution in [0.2, 0.25) is 0 Å². The first-order chi connectivity index (χ1) is 9.73. The zero-order valence-electron chi connectivity index (χ0n) is 13.3. The highest BCUT2D eigenvalue weighted by Crippen LogP contribution is 2.35. The standard InChI is InChI=1S/C17H30N2S/c1-4-17(5-2,13-18-6-3)14-19(15-9-10-15)12-16-8-7-11-20-16/h7-8,11,15,18H,4-6,9-10,12-14H2,1-3H3. The molecule has 3 heteroatoms. The Bertz CT molecular complexity index is 366. The van der Waals surface area contributed by atoms with Crippen molar-refractivity contribution >= 4 is 11.3 Å². The first kappa shape index (κ1) is 16.0. The maximum absolute atomic E-state index is 3.59. The molecule has 1 saturated carbocycles. The third-order valence-electron chi connectivity index (χ3n) is 4.79. The summed E-state index contributed by atoms with van der Waals surface area (Å²) in [5.41, 5.74) is 0.440. The van der Waals surface area contributed by atoms with E-state index in [1.807, 2.05) is 11.3 Å². The molecule has 0 amide bonds. The molecule has 1 N–H and O–H groups in total. The fraction of sp³-hybridized carbons (Fsp3) is 0.765. The van der Waals surface area contributed by atoms with E-state index in [-0.39, 0.29) is 0 Å². The van der Waals surface area contributed by atoms with Crippen LogP contribution in [0.15, 0.2) is 17.5 Å². The minimum Gasteiger partial charge on any atom is -0.316 e. The fourth-order valence-electron chi connectivity index (χ4n) is 2.96. The van der Waals surface area contributed by atoms with Crippen molar-refractivity contribution in [1.29, 1.82) is 0 Å². The topological polar surface area (TPSA) is 15.3 Å². The molecule has 2 nitrogen and oxygen atoms in total. The number of hydrogen-bond acceptors (Lipinski definition) is 3. The highest BCUT2D eigenvalue weighted by molar-refractivity contribution is 7.09. The average Bonchev–Trinajstić information content (AvgIpc) is 3.21. The molecular weight excluding hydrogens is 264 g/mol. The Morgan fingerprint density at radius 3 is 2.55 bits per heavy atom. The lowest BCUT2D eigenvalue weighted by Crippen LogP contribution is -2.44. The van der Waals surface area contributed by atoms with E-state index in [1.54, 1.807) is 0 Å². The molecule has 1 fully saturated rings. The minimum absolute atomic E-state index is 0.440. The lowest BCUT2D eigenvalue weighted by atomic mass is 9.81. The molecule has 0 saturated heterocycles. The van der Waals surface area contributed by atoms with Gasteiger partial charge in [-0.05, 0) is 49.1 Å². The number of nitrogens with zero attached hydrogens (tertiary/aromatic N) is 1. The molecule has 0 bridgehead atoms. The lowest BCUT2D eigenvalue weighted by Gasteiger charge is -2.37. The summed E-state index contributed by atoms with van der Waals surface area (Å²) < 4.78 is 0. The van der Waals surface area contributed by atoms with Gasteiger partial charge < -0.3 is 5.32 Å². The van der Waals surface area contributed by atoms with Crippen LogP contribution in [0.3, 0.4) is 0 Å². The van der Waals surface area contributed by atoms with Gasteiger partial charge in [-0.25, -0.2) is 0 Å². The normalized spacial score (nSPS) is 16.0. The quantitative estimate of drug-likeness (QED) is 0.698. The fourth-order valence-corrected chi connectivity index (χ4v) is 3.69. The van der Waals surface area contributed by atoms with Crippen molar-refractivity contribution in [2.45, 2.75) is 59.0 Å². The number of rotatable bonds is 10. The highest BCUT2D eigenvalue weighted by atomic mass is 32.1. The van der Waals surface area contributed by atoms with E-state index in [1.165, 1.54) is 37.1 Å². The number of nitrogens with one attached hydrogen (secondary N) is 1. The van der Waals surface area contributed by atoms with Crippen LogP contribution in [-0.4, -0.2) is 30.6 Å². The van der Waals surface area contributed by atoms with Crippen molar-refractivity contribution in [3.8, 4) is 0 Å². The summed E-state index contributed by atoms with van der Waals surface area (Å²) in [5.74, 6) is 0. The van der Waals surface area contributed by atoms with Gasteiger partial charge in [0.2, 0.25) is 0 Å². The van der Waals surface area contributed by atoms with Crippen LogP contribution >= 0.6 is 11.3 Å². The number of thiophene rings is 1. The van der Waals surface area contributed by atoms with E-state index in [0.29, 0.717) is 5.41 Å². The molecule has 0 atom stereocenters. The number of hydrogen-bond donors (Lipinski definition) is 1. The Morgan fingerprint density at radius 2 is 2.05 bits per heavy atom. The minimum atomic E-state index is 0.440. The Kier molecular flexibility index (Phi) is 6.06. The van der Waals surface area contributed by atoms with Crippen LogP contribution < -0.4 is 5.32 Å². The summed E-state index contributed by atoms with van der Waals surface area (Å²) in [4.78, 5) is 4.26. The van der Waals surface area contributed by atoms with Gasteiger partial charge >= 0.3 is 0 Å². The molecule has 1 aromatic heterocycles. The largest absolute Gasteiger partial charge is 0.316 e. The average molecular weight is 295 g/mol. The van der Waals surface area contributed by atoms with E-state index < -0.39 is 0 Å². The molecule has 1 aliphatic rings. The van der Waals surface area contributed by atoms with Gasteiger partial charge in [-0.2, -0.15) is 0 Å². The summed E-state index contributed by atoms with van der Waals surface area (Å²) in [5, 5.41) is 5.79. The van der Waals surface area contributed by atoms with E-state index in [0.717, 1.165) is 25.7 Å². The molecule has 2 rings (SSSR count). The van der Waals surface area contributed by atoms with Crippen molar-refractivity contribution in [3.63, 3.8) is 0 Å². The van der Waals surface area contributed by atoms with Crippen LogP contribution in [-0.2, 0) is 6.54 Å². The van der Waals surface area contributed by atoms with Gasteiger partial charge in [0, 0.05) is 30.6 Å². The van der Waals surface area contributed by atoms with Gasteiger partial charge in [0.25, 0.3) is 0 Å². The Labute approximate surface area is 128 Å². The Morgan fingerprint density at radius 1 is 1.30 bits per heavy atom. The van der Waals surface area contributed by atoms with E-state index in [2.05, 4.69) is 48.5 Å². The maximum Gasteiger partial charge on any atom is 0.0331 e. The Hall–Kier alpha value is -0.380. The van der Waals surface area contributed by atoms with Crippen LogP contribution in [0.1, 0.15) is 51.3 Å². The Balaban J connectivity index is 2.00. The smallest absolute Gasteiger partial charge is 0.0331 e. The van der Waals surface area contributed by atoms with Crippen LogP contribution in [0, 0.1) is 5.41 Å². The summed E-state index contributed by atoms with van der Waals surface area (Å²) in [6, 6.07) is 5.30. The zero-order chi connectivity index (χ0) is 14.4. The molecule has 1 aromatic rings. The molecular formula is C17H30N2S. The monoisotopic (exact) mass is 294 g/mol. The lowest BCUT2D eigenvalue weighted by molar-refractivity contribution is 0.123. The summed E-state index contributed by atoms with van der Waals surface area (Å²) in [6.45, 7) is 11.6. The zero-order valence-corrected chi connectivity index (χ0v) is 14.1. The molecule has 1 aliphatic carbocycles. The third-order valence-corrected chi connectivity index (χ3v) is 5.65. The van der Waals surface area contributed by atoms with Gasteiger partial charge in [-0.3, -0.25) is 4.90 Å². The maximum atomic E-state index is 3.59. The van der Waals surface area contributed by atoms with Gasteiger partial charge in [-0.1, -0.05) is 26.8 Å². The molecule has 0 spiro atoms. The second-order valence-electron chi connectivity index (χ2n) is 6.20. The van der Waals surface area contributed by atoms with Crippen molar-refractivity contribution in [2.75, 3.05) is 19.6 Å². The van der Waals surface area contributed by atoms with Crippen molar-refractivity contribution in [3.05, 3.63) is 22.4 Å². The molecule has 0 radical (unpaired) electrons. The predicted octanol–water partition coefficient (Wildman–Crippen LogP) is 4.13. The van der Waals surface area contributed by atoms with E-state index in [4.69, 9.17) is 0 Å². The molecule has 0 aromatic carbocycles. The predicted molar refractivity (Wildman–Crippen MR) is 89.3 cm³/mol. The van der Waals surface area contributed by atoms with Crippen molar-refractivity contribution < 1.29 is 0 Å².